The predicted octanol–water partition coefficient (Wildman–Crippen LogP) is 3.56. The van der Waals surface area contributed by atoms with Crippen molar-refractivity contribution in [3.63, 3.8) is 0 Å². The minimum absolute atomic E-state index is 0.215. The van der Waals surface area contributed by atoms with Gasteiger partial charge in [-0.2, -0.15) is 0 Å². The molecule has 0 spiro atoms. The van der Waals surface area contributed by atoms with Crippen LogP contribution in [0.4, 0.5) is 0 Å². The summed E-state index contributed by atoms with van der Waals surface area (Å²) in [7, 11) is 0. The standard InChI is InChI=1S/C22H32N6OS/c1-6-27(7-2)11-10-23-20(29)18-25-19-17-15-9-8-14(22(3,4)5)12-16(15)30-21(17)24-13-28(19)26-18/h13-14H,6-12H2,1-5H3,(H,23,29)/t14-/m1/s1. The van der Waals surface area contributed by atoms with E-state index in [2.05, 4.69) is 59.9 Å². The van der Waals surface area contributed by atoms with Crippen LogP contribution in [0.3, 0.4) is 0 Å². The molecule has 0 unspecified atom stereocenters. The zero-order valence-corrected chi connectivity index (χ0v) is 19.5. The first-order chi connectivity index (χ1) is 14.3. The van der Waals surface area contributed by atoms with Gasteiger partial charge in [0.1, 0.15) is 11.2 Å². The zero-order chi connectivity index (χ0) is 21.5. The van der Waals surface area contributed by atoms with Crippen molar-refractivity contribution in [2.45, 2.75) is 53.9 Å². The number of nitrogens with one attached hydrogen (secondary N) is 1. The van der Waals surface area contributed by atoms with Crippen LogP contribution in [0.25, 0.3) is 15.9 Å². The summed E-state index contributed by atoms with van der Waals surface area (Å²) in [6, 6.07) is 0. The van der Waals surface area contributed by atoms with E-state index in [0.29, 0.717) is 17.9 Å². The van der Waals surface area contributed by atoms with Crippen LogP contribution < -0.4 is 5.32 Å². The number of carbonyl (C=O) groups excluding carboxylic acids is 1. The molecule has 0 radical (unpaired) electrons. The lowest BCUT2D eigenvalue weighted by atomic mass is 9.72. The van der Waals surface area contributed by atoms with Gasteiger partial charge in [-0.1, -0.05) is 34.6 Å². The van der Waals surface area contributed by atoms with E-state index in [1.165, 1.54) is 16.9 Å². The molecule has 7 nitrogen and oxygen atoms in total. The Morgan fingerprint density at radius 2 is 2.10 bits per heavy atom. The van der Waals surface area contributed by atoms with Gasteiger partial charge in [0.2, 0.25) is 5.82 Å². The van der Waals surface area contributed by atoms with Crippen LogP contribution in [0, 0.1) is 11.3 Å². The first-order valence-electron chi connectivity index (χ1n) is 11.0. The van der Waals surface area contributed by atoms with Crippen LogP contribution in [0.1, 0.15) is 62.1 Å². The summed E-state index contributed by atoms with van der Waals surface area (Å²) < 4.78 is 1.66. The molecule has 3 heterocycles. The summed E-state index contributed by atoms with van der Waals surface area (Å²) in [4.78, 5) is 26.5. The fourth-order valence-electron chi connectivity index (χ4n) is 4.36. The number of carbonyl (C=O) groups is 1. The highest BCUT2D eigenvalue weighted by Gasteiger charge is 2.32. The third-order valence-electron chi connectivity index (χ3n) is 6.42. The lowest BCUT2D eigenvalue weighted by Crippen LogP contribution is -2.35. The maximum absolute atomic E-state index is 12.6. The zero-order valence-electron chi connectivity index (χ0n) is 18.7. The van der Waals surface area contributed by atoms with Crippen molar-refractivity contribution in [3.05, 3.63) is 22.6 Å². The molecule has 162 valence electrons. The molecular weight excluding hydrogens is 396 g/mol. The SMILES string of the molecule is CCN(CC)CCNC(=O)c1nc2c3c4c(sc3ncn2n1)C[C@H](C(C)(C)C)CC4. The Morgan fingerprint density at radius 1 is 1.33 bits per heavy atom. The number of likely N-dealkylation sites (N-methyl/N-ethyl adjacent to an activating group) is 1. The van der Waals surface area contributed by atoms with Gasteiger partial charge in [0.05, 0.1) is 5.39 Å². The van der Waals surface area contributed by atoms with Crippen LogP contribution in [-0.4, -0.2) is 56.6 Å². The van der Waals surface area contributed by atoms with Crippen molar-refractivity contribution in [1.29, 1.82) is 0 Å². The quantitative estimate of drug-likeness (QED) is 0.650. The van der Waals surface area contributed by atoms with Gasteiger partial charge in [-0.15, -0.1) is 16.4 Å². The fraction of sp³-hybridized carbons (Fsp3) is 0.636. The van der Waals surface area contributed by atoms with E-state index in [1.807, 2.05) is 0 Å². The van der Waals surface area contributed by atoms with Crippen molar-refractivity contribution in [2.24, 2.45) is 11.3 Å². The topological polar surface area (TPSA) is 75.4 Å². The lowest BCUT2D eigenvalue weighted by molar-refractivity contribution is 0.0938. The first kappa shape index (κ1) is 21.2. The van der Waals surface area contributed by atoms with E-state index in [0.717, 1.165) is 48.3 Å². The van der Waals surface area contributed by atoms with E-state index < -0.39 is 0 Å². The Morgan fingerprint density at radius 3 is 2.80 bits per heavy atom. The summed E-state index contributed by atoms with van der Waals surface area (Å²) in [6.07, 6.45) is 4.99. The smallest absolute Gasteiger partial charge is 0.291 e. The van der Waals surface area contributed by atoms with Gasteiger partial charge in [0, 0.05) is 18.0 Å². The summed E-state index contributed by atoms with van der Waals surface area (Å²) in [6.45, 7) is 14.6. The Balaban J connectivity index is 1.60. The first-order valence-corrected chi connectivity index (χ1v) is 11.8. The molecule has 1 aliphatic carbocycles. The molecule has 0 aliphatic heterocycles. The Hall–Kier alpha value is -2.06. The summed E-state index contributed by atoms with van der Waals surface area (Å²) >= 11 is 1.78. The molecule has 3 aromatic heterocycles. The van der Waals surface area contributed by atoms with Crippen LogP contribution >= 0.6 is 11.3 Å². The minimum atomic E-state index is -0.226. The molecule has 0 saturated heterocycles. The molecule has 0 fully saturated rings. The Kier molecular flexibility index (Phi) is 5.81. The molecule has 1 atom stereocenters. The van der Waals surface area contributed by atoms with Crippen molar-refractivity contribution in [2.75, 3.05) is 26.2 Å². The van der Waals surface area contributed by atoms with E-state index >= 15 is 0 Å². The largest absolute Gasteiger partial charge is 0.348 e. The maximum atomic E-state index is 12.6. The molecule has 1 N–H and O–H groups in total. The Bertz CT molecular complexity index is 1060. The number of aromatic nitrogens is 4. The van der Waals surface area contributed by atoms with E-state index in [9.17, 15) is 4.79 Å². The molecular formula is C22H32N6OS. The van der Waals surface area contributed by atoms with Crippen LogP contribution in [0.2, 0.25) is 0 Å². The van der Waals surface area contributed by atoms with Gasteiger partial charge in [-0.3, -0.25) is 4.79 Å². The van der Waals surface area contributed by atoms with Gasteiger partial charge in [0.15, 0.2) is 5.65 Å². The highest BCUT2D eigenvalue weighted by atomic mass is 32.1. The molecule has 1 aliphatic rings. The molecule has 8 heteroatoms. The van der Waals surface area contributed by atoms with Crippen LogP contribution in [0.15, 0.2) is 6.33 Å². The summed E-state index contributed by atoms with van der Waals surface area (Å²) in [5, 5.41) is 8.44. The third-order valence-corrected chi connectivity index (χ3v) is 7.58. The van der Waals surface area contributed by atoms with Crippen molar-refractivity contribution in [1.82, 2.24) is 29.8 Å². The number of rotatable bonds is 6. The van der Waals surface area contributed by atoms with E-state index in [1.54, 1.807) is 22.2 Å². The number of thiophene rings is 1. The van der Waals surface area contributed by atoms with Gasteiger partial charge in [0.25, 0.3) is 5.91 Å². The monoisotopic (exact) mass is 428 g/mol. The number of hydrogen-bond acceptors (Lipinski definition) is 6. The molecule has 3 aromatic rings. The molecule has 0 bridgehead atoms. The minimum Gasteiger partial charge on any atom is -0.348 e. The molecule has 1 amide bonds. The molecule has 0 saturated carbocycles. The summed E-state index contributed by atoms with van der Waals surface area (Å²) in [5.74, 6) is 0.669. The summed E-state index contributed by atoms with van der Waals surface area (Å²) in [5.41, 5.74) is 2.41. The maximum Gasteiger partial charge on any atom is 0.291 e. The molecule has 30 heavy (non-hydrogen) atoms. The number of hydrogen-bond donors (Lipinski definition) is 1. The van der Waals surface area contributed by atoms with Gasteiger partial charge < -0.3 is 10.2 Å². The second-order valence-corrected chi connectivity index (χ2v) is 10.3. The van der Waals surface area contributed by atoms with Crippen LogP contribution in [0.5, 0.6) is 0 Å². The van der Waals surface area contributed by atoms with Crippen molar-refractivity contribution < 1.29 is 4.79 Å². The number of fused-ring (bicyclic) bond motifs is 5. The van der Waals surface area contributed by atoms with E-state index in [-0.39, 0.29) is 11.7 Å². The van der Waals surface area contributed by atoms with Gasteiger partial charge in [-0.05, 0) is 49.2 Å². The fourth-order valence-corrected chi connectivity index (χ4v) is 5.62. The second-order valence-electron chi connectivity index (χ2n) is 9.22. The highest BCUT2D eigenvalue weighted by Crippen LogP contribution is 2.43. The predicted molar refractivity (Wildman–Crippen MR) is 121 cm³/mol. The van der Waals surface area contributed by atoms with Crippen LogP contribution in [-0.2, 0) is 12.8 Å². The third kappa shape index (κ3) is 3.95. The Labute approximate surface area is 181 Å². The highest BCUT2D eigenvalue weighted by molar-refractivity contribution is 7.19. The molecule has 0 aromatic carbocycles. The van der Waals surface area contributed by atoms with E-state index in [4.69, 9.17) is 0 Å². The number of nitrogens with zero attached hydrogens (tertiary/aromatic N) is 5. The van der Waals surface area contributed by atoms with Crippen molar-refractivity contribution in [3.8, 4) is 0 Å². The molecule has 4 rings (SSSR count). The van der Waals surface area contributed by atoms with Gasteiger partial charge >= 0.3 is 0 Å². The van der Waals surface area contributed by atoms with Gasteiger partial charge in [-0.25, -0.2) is 14.5 Å². The number of aryl methyl sites for hydroxylation is 1. The number of amides is 1. The normalized spacial score (nSPS) is 17.1. The lowest BCUT2D eigenvalue weighted by Gasteiger charge is -2.33. The average molecular weight is 429 g/mol. The average Bonchev–Trinajstić information content (AvgIpc) is 3.30. The van der Waals surface area contributed by atoms with Crippen molar-refractivity contribution >= 4 is 33.1 Å². The second kappa shape index (κ2) is 8.23.